The van der Waals surface area contributed by atoms with E-state index in [0.29, 0.717) is 5.39 Å². The molecule has 11 heteroatoms. The van der Waals surface area contributed by atoms with Gasteiger partial charge in [-0.3, -0.25) is 0 Å². The molecule has 0 amide bonds. The number of carbonyl (C=O) groups is 1. The zero-order valence-electron chi connectivity index (χ0n) is 11.0. The first-order valence-corrected chi connectivity index (χ1v) is 5.47. The number of nitrogens with zero attached hydrogens (tertiary/aromatic N) is 4. The minimum absolute atomic E-state index is 0. The monoisotopic (exact) mass is 320 g/mol. The standard InChI is InChI=1S/C11H5F3N4O3.Na/c12-11(13,14)21-6-2-1-5-3-7(10(19)20)9-15-16-17-18(9)8(5)4-6;/h1-4H,(H,19,20);/q;+1/p-1. The number of benzene rings is 1. The molecule has 0 aliphatic rings. The molecule has 2 aromatic heterocycles. The number of aromatic nitrogens is 4. The van der Waals surface area contributed by atoms with Crippen LogP contribution in [0.3, 0.4) is 0 Å². The van der Waals surface area contributed by atoms with E-state index in [9.17, 15) is 23.1 Å². The maximum absolute atomic E-state index is 12.2. The van der Waals surface area contributed by atoms with Crippen molar-refractivity contribution < 1.29 is 57.4 Å². The molecular formula is C11H4F3N4NaO3. The van der Waals surface area contributed by atoms with Gasteiger partial charge in [-0.05, 0) is 28.6 Å². The van der Waals surface area contributed by atoms with Crippen LogP contribution in [-0.2, 0) is 0 Å². The molecule has 0 N–H and O–H groups in total. The van der Waals surface area contributed by atoms with Crippen LogP contribution in [0.15, 0.2) is 24.3 Å². The molecule has 108 valence electrons. The molecule has 2 heterocycles. The molecule has 0 unspecified atom stereocenters. The van der Waals surface area contributed by atoms with Crippen LogP contribution in [0.25, 0.3) is 16.6 Å². The third-order valence-corrected chi connectivity index (χ3v) is 2.69. The number of pyridine rings is 1. The van der Waals surface area contributed by atoms with Gasteiger partial charge in [0.25, 0.3) is 0 Å². The van der Waals surface area contributed by atoms with Gasteiger partial charge in [-0.1, -0.05) is 0 Å². The Morgan fingerprint density at radius 1 is 1.27 bits per heavy atom. The number of hydrogen-bond acceptors (Lipinski definition) is 6. The van der Waals surface area contributed by atoms with E-state index < -0.39 is 18.1 Å². The molecule has 0 aliphatic heterocycles. The van der Waals surface area contributed by atoms with E-state index in [1.807, 2.05) is 0 Å². The van der Waals surface area contributed by atoms with Crippen molar-refractivity contribution in [3.8, 4) is 5.75 Å². The fourth-order valence-electron chi connectivity index (χ4n) is 1.91. The number of ether oxygens (including phenoxy) is 1. The number of carboxylic acid groups (broad SMARTS) is 1. The number of hydrogen-bond donors (Lipinski definition) is 0. The first-order valence-electron chi connectivity index (χ1n) is 5.47. The minimum atomic E-state index is -4.83. The second-order valence-electron chi connectivity index (χ2n) is 4.03. The van der Waals surface area contributed by atoms with Gasteiger partial charge in [0, 0.05) is 17.0 Å². The molecule has 0 radical (unpaired) electrons. The summed E-state index contributed by atoms with van der Waals surface area (Å²) in [6, 6.07) is 4.61. The number of rotatable bonds is 2. The molecule has 0 atom stereocenters. The molecule has 22 heavy (non-hydrogen) atoms. The summed E-state index contributed by atoms with van der Waals surface area (Å²) < 4.78 is 41.4. The number of fused-ring (bicyclic) bond motifs is 3. The van der Waals surface area contributed by atoms with Crippen LogP contribution >= 0.6 is 0 Å². The molecule has 0 saturated carbocycles. The Morgan fingerprint density at radius 2 is 2.00 bits per heavy atom. The molecular weight excluding hydrogens is 316 g/mol. The SMILES string of the molecule is O=C([O-])c1cc2ccc(OC(F)(F)F)cc2n2nnnc12.[Na+]. The predicted molar refractivity (Wildman–Crippen MR) is 59.3 cm³/mol. The van der Waals surface area contributed by atoms with Crippen LogP contribution in [0.1, 0.15) is 10.4 Å². The summed E-state index contributed by atoms with van der Waals surface area (Å²) in [5.41, 5.74) is -0.231. The normalized spacial score (nSPS) is 11.4. The van der Waals surface area contributed by atoms with Gasteiger partial charge in [-0.15, -0.1) is 18.3 Å². The van der Waals surface area contributed by atoms with Crippen LogP contribution in [0, 0.1) is 0 Å². The summed E-state index contributed by atoms with van der Waals surface area (Å²) in [5.74, 6) is -1.96. The van der Waals surface area contributed by atoms with Crippen molar-refractivity contribution in [3.05, 3.63) is 29.8 Å². The Morgan fingerprint density at radius 3 is 2.64 bits per heavy atom. The van der Waals surface area contributed by atoms with Crippen LogP contribution in [-0.4, -0.2) is 32.4 Å². The number of alkyl halides is 3. The number of carbonyl (C=O) groups excluding carboxylic acids is 1. The Kier molecular flexibility index (Phi) is 4.27. The van der Waals surface area contributed by atoms with Gasteiger partial charge >= 0.3 is 35.9 Å². The maximum Gasteiger partial charge on any atom is 1.00 e. The molecule has 1 aromatic carbocycles. The Balaban J connectivity index is 0.00000176. The predicted octanol–water partition coefficient (Wildman–Crippen LogP) is -2.46. The molecule has 0 bridgehead atoms. The number of aromatic carboxylic acids is 1. The second kappa shape index (κ2) is 5.71. The first kappa shape index (κ1) is 16.5. The molecule has 3 rings (SSSR count). The smallest absolute Gasteiger partial charge is 0.545 e. The summed E-state index contributed by atoms with van der Waals surface area (Å²) in [4.78, 5) is 11.0. The van der Waals surface area contributed by atoms with Crippen molar-refractivity contribution in [2.45, 2.75) is 6.36 Å². The van der Waals surface area contributed by atoms with E-state index in [0.717, 1.165) is 16.6 Å². The largest absolute Gasteiger partial charge is 1.00 e. The van der Waals surface area contributed by atoms with Crippen LogP contribution in [0.4, 0.5) is 13.2 Å². The third kappa shape index (κ3) is 2.98. The molecule has 0 fully saturated rings. The first-order chi connectivity index (χ1) is 9.85. The van der Waals surface area contributed by atoms with Crippen LogP contribution in [0.2, 0.25) is 0 Å². The van der Waals surface area contributed by atoms with E-state index in [1.165, 1.54) is 12.1 Å². The van der Waals surface area contributed by atoms with Gasteiger partial charge < -0.3 is 14.6 Å². The van der Waals surface area contributed by atoms with E-state index in [4.69, 9.17) is 0 Å². The number of tetrazole rings is 1. The fourth-order valence-corrected chi connectivity index (χ4v) is 1.91. The average Bonchev–Trinajstić information content (AvgIpc) is 2.85. The Labute approximate surface area is 142 Å². The summed E-state index contributed by atoms with van der Waals surface area (Å²) in [6.45, 7) is 0. The van der Waals surface area contributed by atoms with Gasteiger partial charge in [-0.25, -0.2) is 0 Å². The zero-order chi connectivity index (χ0) is 15.2. The molecule has 3 aromatic rings. The van der Waals surface area contributed by atoms with Crippen molar-refractivity contribution in [3.63, 3.8) is 0 Å². The average molecular weight is 320 g/mol. The van der Waals surface area contributed by atoms with Gasteiger partial charge in [0.15, 0.2) is 5.65 Å². The fraction of sp³-hybridized carbons (Fsp3) is 0.0909. The second-order valence-corrected chi connectivity index (χ2v) is 4.03. The molecule has 0 spiro atoms. The Bertz CT molecular complexity index is 865. The maximum atomic E-state index is 12.2. The molecule has 0 aliphatic carbocycles. The summed E-state index contributed by atoms with van der Waals surface area (Å²) in [6.07, 6.45) is -4.83. The van der Waals surface area contributed by atoms with Crippen molar-refractivity contribution in [1.29, 1.82) is 0 Å². The van der Waals surface area contributed by atoms with Crippen LogP contribution in [0.5, 0.6) is 5.75 Å². The zero-order valence-corrected chi connectivity index (χ0v) is 13.0. The summed E-state index contributed by atoms with van der Waals surface area (Å²) in [5, 5.41) is 21.7. The molecule has 7 nitrogen and oxygen atoms in total. The van der Waals surface area contributed by atoms with E-state index in [2.05, 4.69) is 20.3 Å². The van der Waals surface area contributed by atoms with Crippen molar-refractivity contribution >= 4 is 22.5 Å². The summed E-state index contributed by atoms with van der Waals surface area (Å²) >= 11 is 0. The van der Waals surface area contributed by atoms with Gasteiger partial charge in [0.1, 0.15) is 5.75 Å². The van der Waals surface area contributed by atoms with E-state index in [1.54, 1.807) is 0 Å². The van der Waals surface area contributed by atoms with Crippen LogP contribution < -0.4 is 39.4 Å². The summed E-state index contributed by atoms with van der Waals surface area (Å²) in [7, 11) is 0. The topological polar surface area (TPSA) is 92.4 Å². The third-order valence-electron chi connectivity index (χ3n) is 2.69. The molecule has 0 saturated heterocycles. The van der Waals surface area contributed by atoms with Crippen molar-refractivity contribution in [1.82, 2.24) is 20.0 Å². The van der Waals surface area contributed by atoms with E-state index >= 15 is 0 Å². The minimum Gasteiger partial charge on any atom is -0.545 e. The van der Waals surface area contributed by atoms with E-state index in [-0.39, 0.29) is 46.3 Å². The number of carboxylic acids is 1. The van der Waals surface area contributed by atoms with Gasteiger partial charge in [0.2, 0.25) is 0 Å². The Hall–Kier alpha value is -1.91. The van der Waals surface area contributed by atoms with Gasteiger partial charge in [0.05, 0.1) is 11.5 Å². The van der Waals surface area contributed by atoms with Crippen molar-refractivity contribution in [2.75, 3.05) is 0 Å². The quantitative estimate of drug-likeness (QED) is 0.487. The van der Waals surface area contributed by atoms with Crippen molar-refractivity contribution in [2.24, 2.45) is 0 Å². The number of halogens is 3. The van der Waals surface area contributed by atoms with Gasteiger partial charge in [-0.2, -0.15) is 4.52 Å².